The first kappa shape index (κ1) is 15.7. The Morgan fingerprint density at radius 1 is 1.27 bits per heavy atom. The van der Waals surface area contributed by atoms with Crippen LogP contribution in [-0.4, -0.2) is 36.5 Å². The van der Waals surface area contributed by atoms with E-state index in [2.05, 4.69) is 15.5 Å². The monoisotopic (exact) mass is 305 g/mol. The molecule has 1 unspecified atom stereocenters. The molecule has 0 bridgehead atoms. The lowest BCUT2D eigenvalue weighted by molar-refractivity contribution is -0.119. The van der Waals surface area contributed by atoms with Crippen LogP contribution in [-0.2, 0) is 4.79 Å². The molecule has 2 N–H and O–H groups in total. The Morgan fingerprint density at radius 3 is 2.55 bits per heavy atom. The van der Waals surface area contributed by atoms with Gasteiger partial charge in [0.2, 0.25) is 5.91 Å². The summed E-state index contributed by atoms with van der Waals surface area (Å²) in [6.07, 6.45) is 1.36. The van der Waals surface area contributed by atoms with Gasteiger partial charge in [-0.2, -0.15) is 10.2 Å². The van der Waals surface area contributed by atoms with Gasteiger partial charge in [0.25, 0.3) is 0 Å². The summed E-state index contributed by atoms with van der Waals surface area (Å²) in [6.45, 7) is 7.36. The standard InChI is InChI=1S/C14H19N5O3/c1-8(2)18-12(7-9(3)17-18)16-13(20)10(4)19-11(14(21)22)5-6-15-19/h5-8,10H,1-4H3,(H,16,20)(H,21,22). The minimum absolute atomic E-state index is 0.0313. The van der Waals surface area contributed by atoms with E-state index < -0.39 is 12.0 Å². The van der Waals surface area contributed by atoms with Gasteiger partial charge in [-0.15, -0.1) is 0 Å². The number of nitrogens with zero attached hydrogens (tertiary/aromatic N) is 4. The highest BCUT2D eigenvalue weighted by Crippen LogP contribution is 2.18. The van der Waals surface area contributed by atoms with Gasteiger partial charge in [-0.3, -0.25) is 4.79 Å². The zero-order valence-corrected chi connectivity index (χ0v) is 12.9. The number of aromatic nitrogens is 4. The number of carboxylic acid groups (broad SMARTS) is 1. The molecule has 8 heteroatoms. The average molecular weight is 305 g/mol. The van der Waals surface area contributed by atoms with Crippen LogP contribution < -0.4 is 5.32 Å². The second-order valence-electron chi connectivity index (χ2n) is 5.34. The first-order valence-corrected chi connectivity index (χ1v) is 6.95. The van der Waals surface area contributed by atoms with E-state index in [1.165, 1.54) is 16.9 Å². The average Bonchev–Trinajstić information content (AvgIpc) is 3.04. The number of anilines is 1. The third-order valence-corrected chi connectivity index (χ3v) is 3.23. The number of nitrogens with one attached hydrogen (secondary N) is 1. The Labute approximate surface area is 127 Å². The van der Waals surface area contributed by atoms with Crippen LogP contribution in [0.1, 0.15) is 49.0 Å². The second kappa shape index (κ2) is 6.00. The van der Waals surface area contributed by atoms with Gasteiger partial charge in [0.05, 0.1) is 5.69 Å². The number of carbonyl (C=O) groups excluding carboxylic acids is 1. The molecule has 0 aromatic carbocycles. The molecule has 2 aromatic heterocycles. The van der Waals surface area contributed by atoms with Crippen LogP contribution in [0.5, 0.6) is 0 Å². The van der Waals surface area contributed by atoms with Crippen LogP contribution in [0.25, 0.3) is 0 Å². The Morgan fingerprint density at radius 2 is 1.95 bits per heavy atom. The smallest absolute Gasteiger partial charge is 0.354 e. The quantitative estimate of drug-likeness (QED) is 0.878. The lowest BCUT2D eigenvalue weighted by atomic mass is 10.3. The van der Waals surface area contributed by atoms with Gasteiger partial charge >= 0.3 is 5.97 Å². The van der Waals surface area contributed by atoms with Crippen molar-refractivity contribution in [3.8, 4) is 0 Å². The van der Waals surface area contributed by atoms with Crippen LogP contribution in [0.2, 0.25) is 0 Å². The van der Waals surface area contributed by atoms with E-state index in [-0.39, 0.29) is 17.6 Å². The number of aromatic carboxylic acids is 1. The van der Waals surface area contributed by atoms with E-state index in [1.807, 2.05) is 20.8 Å². The van der Waals surface area contributed by atoms with Crippen molar-refractivity contribution in [1.82, 2.24) is 19.6 Å². The number of carboxylic acids is 1. The molecular weight excluding hydrogens is 286 g/mol. The summed E-state index contributed by atoms with van der Waals surface area (Å²) in [4.78, 5) is 23.5. The predicted octanol–water partition coefficient (Wildman–Crippen LogP) is 1.87. The number of amides is 1. The molecule has 2 heterocycles. The van der Waals surface area contributed by atoms with Crippen molar-refractivity contribution in [1.29, 1.82) is 0 Å². The molecule has 1 atom stereocenters. The summed E-state index contributed by atoms with van der Waals surface area (Å²) in [5, 5.41) is 20.1. The van der Waals surface area contributed by atoms with Gasteiger partial charge in [-0.1, -0.05) is 0 Å². The minimum Gasteiger partial charge on any atom is -0.477 e. The largest absolute Gasteiger partial charge is 0.477 e. The molecule has 22 heavy (non-hydrogen) atoms. The number of hydrogen-bond acceptors (Lipinski definition) is 4. The molecule has 118 valence electrons. The van der Waals surface area contributed by atoms with Gasteiger partial charge in [-0.25, -0.2) is 14.2 Å². The lowest BCUT2D eigenvalue weighted by Crippen LogP contribution is -2.28. The van der Waals surface area contributed by atoms with E-state index in [0.29, 0.717) is 5.82 Å². The predicted molar refractivity (Wildman–Crippen MR) is 79.9 cm³/mol. The molecular formula is C14H19N5O3. The fourth-order valence-corrected chi connectivity index (χ4v) is 2.14. The Bertz CT molecular complexity index is 701. The maximum atomic E-state index is 12.4. The summed E-state index contributed by atoms with van der Waals surface area (Å²) >= 11 is 0. The minimum atomic E-state index is -1.12. The summed E-state index contributed by atoms with van der Waals surface area (Å²) < 4.78 is 2.89. The molecule has 8 nitrogen and oxygen atoms in total. The van der Waals surface area contributed by atoms with Crippen LogP contribution in [0, 0.1) is 6.92 Å². The molecule has 0 saturated carbocycles. The number of carbonyl (C=O) groups is 2. The van der Waals surface area contributed by atoms with Crippen molar-refractivity contribution in [3.63, 3.8) is 0 Å². The van der Waals surface area contributed by atoms with Crippen LogP contribution >= 0.6 is 0 Å². The fourth-order valence-electron chi connectivity index (χ4n) is 2.14. The zero-order valence-electron chi connectivity index (χ0n) is 12.9. The summed E-state index contributed by atoms with van der Waals surface area (Å²) in [7, 11) is 0. The SMILES string of the molecule is Cc1cc(NC(=O)C(C)n2nccc2C(=O)O)n(C(C)C)n1. The summed E-state index contributed by atoms with van der Waals surface area (Å²) in [6, 6.07) is 2.47. The molecule has 0 saturated heterocycles. The number of rotatable bonds is 5. The molecule has 2 rings (SSSR count). The fraction of sp³-hybridized carbons (Fsp3) is 0.429. The van der Waals surface area contributed by atoms with Crippen LogP contribution in [0.4, 0.5) is 5.82 Å². The highest BCUT2D eigenvalue weighted by atomic mass is 16.4. The normalized spacial score (nSPS) is 12.4. The highest BCUT2D eigenvalue weighted by Gasteiger charge is 2.22. The molecule has 0 fully saturated rings. The van der Waals surface area contributed by atoms with Gasteiger partial charge in [0.15, 0.2) is 0 Å². The Balaban J connectivity index is 2.22. The van der Waals surface area contributed by atoms with Crippen molar-refractivity contribution in [2.45, 2.75) is 39.8 Å². The van der Waals surface area contributed by atoms with Gasteiger partial charge in [-0.05, 0) is 33.8 Å². The lowest BCUT2D eigenvalue weighted by Gasteiger charge is -2.16. The van der Waals surface area contributed by atoms with E-state index in [1.54, 1.807) is 17.7 Å². The van der Waals surface area contributed by atoms with Crippen LogP contribution in [0.3, 0.4) is 0 Å². The van der Waals surface area contributed by atoms with Gasteiger partial charge < -0.3 is 10.4 Å². The molecule has 0 radical (unpaired) electrons. The molecule has 2 aromatic rings. The van der Waals surface area contributed by atoms with Crippen molar-refractivity contribution in [2.24, 2.45) is 0 Å². The summed E-state index contributed by atoms with van der Waals surface area (Å²) in [5.41, 5.74) is 0.762. The van der Waals surface area contributed by atoms with Crippen LogP contribution in [0.15, 0.2) is 18.3 Å². The van der Waals surface area contributed by atoms with E-state index in [0.717, 1.165) is 5.69 Å². The van der Waals surface area contributed by atoms with E-state index >= 15 is 0 Å². The van der Waals surface area contributed by atoms with Gasteiger partial charge in [0, 0.05) is 18.3 Å². The molecule has 0 aliphatic rings. The number of aryl methyl sites for hydroxylation is 1. The summed E-state index contributed by atoms with van der Waals surface area (Å²) in [5.74, 6) is -0.901. The van der Waals surface area contributed by atoms with E-state index in [4.69, 9.17) is 5.11 Å². The van der Waals surface area contributed by atoms with Crippen molar-refractivity contribution < 1.29 is 14.7 Å². The molecule has 0 aliphatic carbocycles. The molecule has 0 spiro atoms. The van der Waals surface area contributed by atoms with Crippen molar-refractivity contribution in [2.75, 3.05) is 5.32 Å². The Hall–Kier alpha value is -2.64. The third kappa shape index (κ3) is 3.00. The van der Waals surface area contributed by atoms with Gasteiger partial charge in [0.1, 0.15) is 17.6 Å². The molecule has 0 aliphatic heterocycles. The van der Waals surface area contributed by atoms with Crippen molar-refractivity contribution in [3.05, 3.63) is 29.7 Å². The topological polar surface area (TPSA) is 102 Å². The highest BCUT2D eigenvalue weighted by molar-refractivity contribution is 5.94. The molecule has 1 amide bonds. The maximum absolute atomic E-state index is 12.4. The first-order chi connectivity index (χ1) is 10.3. The third-order valence-electron chi connectivity index (χ3n) is 3.23. The second-order valence-corrected chi connectivity index (χ2v) is 5.34. The van der Waals surface area contributed by atoms with Crippen molar-refractivity contribution >= 4 is 17.7 Å². The Kier molecular flexibility index (Phi) is 4.30. The number of hydrogen-bond donors (Lipinski definition) is 2. The maximum Gasteiger partial charge on any atom is 0.354 e. The van der Waals surface area contributed by atoms with E-state index in [9.17, 15) is 9.59 Å². The first-order valence-electron chi connectivity index (χ1n) is 6.95. The zero-order chi connectivity index (χ0) is 16.4.